The number of carbonyl (C=O) groups is 2. The second kappa shape index (κ2) is 63.7. The number of hydrogen-bond acceptors (Lipinski definition) is 7. The molecule has 9 nitrogen and oxygen atoms in total. The second-order valence-corrected chi connectivity index (χ2v) is 26.0. The number of allylic oxidation sites excluding steroid dienone is 14. The highest BCUT2D eigenvalue weighted by atomic mass is 31.2. The summed E-state index contributed by atoms with van der Waals surface area (Å²) in [5, 5.41) is 0. The summed E-state index contributed by atoms with van der Waals surface area (Å²) in [4.78, 5) is 35.9. The number of esters is 2. The highest BCUT2D eigenvalue weighted by molar-refractivity contribution is 7.47. The first-order valence-electron chi connectivity index (χ1n) is 34.8. The standard InChI is InChI=1S/C73H132NO8P/c1-6-8-10-12-14-16-18-20-22-24-26-28-30-32-34-36-38-39-41-43-45-47-49-51-53-55-57-59-61-63-65-72(75)79-69-71(70-81-83(77,78)80-68-67-74(3,4)5)82-73(76)66-64-62-60-58-56-54-52-50-48-46-44-42-40-37-35-33-31-29-27-25-23-21-19-17-15-13-11-9-7-2/h9,11,15,17,21,23,27,29,33,35,40,42,46,48,71H,6-8,10,12-14,16,18-20,22,24-26,28,30-32,34,36-39,41,43-45,47,49-70H2,1-5H3/p+1/b11-9-,17-15-,23-21-,29-27-,35-33-,42-40-,48-46-. The fourth-order valence-corrected chi connectivity index (χ4v) is 10.6. The van der Waals surface area contributed by atoms with Crippen LogP contribution in [0.5, 0.6) is 0 Å². The third-order valence-corrected chi connectivity index (χ3v) is 16.2. The molecule has 0 heterocycles. The molecule has 2 atom stereocenters. The Morgan fingerprint density at radius 3 is 1.02 bits per heavy atom. The molecule has 0 aromatic rings. The number of unbranched alkanes of at least 4 members (excludes halogenated alkanes) is 36. The molecule has 0 amide bonds. The lowest BCUT2D eigenvalue weighted by Gasteiger charge is -2.24. The quantitative estimate of drug-likeness (QED) is 0.0211. The highest BCUT2D eigenvalue weighted by Crippen LogP contribution is 2.43. The molecule has 0 fully saturated rings. The van der Waals surface area contributed by atoms with E-state index in [0.29, 0.717) is 17.4 Å². The maximum absolute atomic E-state index is 12.9. The molecule has 482 valence electrons. The molecule has 0 aromatic heterocycles. The number of hydrogen-bond donors (Lipinski definition) is 1. The van der Waals surface area contributed by atoms with E-state index in [1.165, 1.54) is 193 Å². The van der Waals surface area contributed by atoms with E-state index in [1.54, 1.807) is 0 Å². The minimum Gasteiger partial charge on any atom is -0.462 e. The Kier molecular flexibility index (Phi) is 61.5. The van der Waals surface area contributed by atoms with Crippen molar-refractivity contribution in [1.82, 2.24) is 0 Å². The Hall–Kier alpha value is -2.81. The Morgan fingerprint density at radius 2 is 0.687 bits per heavy atom. The van der Waals surface area contributed by atoms with Gasteiger partial charge in [0.25, 0.3) is 0 Å². The third-order valence-electron chi connectivity index (χ3n) is 15.2. The van der Waals surface area contributed by atoms with Crippen molar-refractivity contribution in [3.8, 4) is 0 Å². The molecular weight excluding hydrogens is 1050 g/mol. The first-order chi connectivity index (χ1) is 40.5. The van der Waals surface area contributed by atoms with Crippen LogP contribution in [0.1, 0.15) is 316 Å². The predicted molar refractivity (Wildman–Crippen MR) is 358 cm³/mol. The van der Waals surface area contributed by atoms with Gasteiger partial charge in [0.1, 0.15) is 19.8 Å². The van der Waals surface area contributed by atoms with Crippen LogP contribution in [0.25, 0.3) is 0 Å². The van der Waals surface area contributed by atoms with Gasteiger partial charge in [-0.3, -0.25) is 18.6 Å². The molecular formula is C73H133NO8P+. The summed E-state index contributed by atoms with van der Waals surface area (Å²) in [6.07, 6.45) is 86.9. The van der Waals surface area contributed by atoms with Crippen LogP contribution in [0.15, 0.2) is 85.1 Å². The number of ether oxygens (including phenoxy) is 2. The highest BCUT2D eigenvalue weighted by Gasteiger charge is 2.27. The van der Waals surface area contributed by atoms with E-state index in [2.05, 4.69) is 98.9 Å². The van der Waals surface area contributed by atoms with Gasteiger partial charge in [-0.1, -0.05) is 317 Å². The maximum Gasteiger partial charge on any atom is 0.472 e. The van der Waals surface area contributed by atoms with Gasteiger partial charge < -0.3 is 18.9 Å². The van der Waals surface area contributed by atoms with Crippen LogP contribution in [0.3, 0.4) is 0 Å². The van der Waals surface area contributed by atoms with Crippen molar-refractivity contribution in [2.75, 3.05) is 47.5 Å². The number of rotatable bonds is 64. The van der Waals surface area contributed by atoms with E-state index in [0.717, 1.165) is 89.9 Å². The lowest BCUT2D eigenvalue weighted by molar-refractivity contribution is -0.870. The van der Waals surface area contributed by atoms with Crippen LogP contribution in [-0.2, 0) is 32.7 Å². The lowest BCUT2D eigenvalue weighted by atomic mass is 10.0. The Morgan fingerprint density at radius 1 is 0.386 bits per heavy atom. The average molecular weight is 1180 g/mol. The van der Waals surface area contributed by atoms with E-state index >= 15 is 0 Å². The number of phosphoric ester groups is 1. The molecule has 0 aliphatic carbocycles. The molecule has 0 aliphatic heterocycles. The molecule has 0 aliphatic rings. The molecule has 0 aromatic carbocycles. The van der Waals surface area contributed by atoms with Crippen LogP contribution in [0, 0.1) is 0 Å². The van der Waals surface area contributed by atoms with Crippen molar-refractivity contribution in [3.63, 3.8) is 0 Å². The van der Waals surface area contributed by atoms with Gasteiger partial charge in [-0.25, -0.2) is 4.57 Å². The molecule has 83 heavy (non-hydrogen) atoms. The smallest absolute Gasteiger partial charge is 0.462 e. The van der Waals surface area contributed by atoms with Crippen LogP contribution < -0.4 is 0 Å². The lowest BCUT2D eigenvalue weighted by Crippen LogP contribution is -2.37. The summed E-state index contributed by atoms with van der Waals surface area (Å²) < 4.78 is 34.7. The molecule has 10 heteroatoms. The normalized spacial score (nSPS) is 13.7. The summed E-state index contributed by atoms with van der Waals surface area (Å²) in [5.74, 6) is -0.801. The van der Waals surface area contributed by atoms with Crippen molar-refractivity contribution < 1.29 is 42.1 Å². The van der Waals surface area contributed by atoms with Gasteiger partial charge in [-0.2, -0.15) is 0 Å². The Bertz CT molecular complexity index is 1680. The summed E-state index contributed by atoms with van der Waals surface area (Å²) in [6.45, 7) is 4.35. The van der Waals surface area contributed by atoms with Gasteiger partial charge in [0, 0.05) is 12.8 Å². The zero-order valence-electron chi connectivity index (χ0n) is 54.9. The molecule has 1 N–H and O–H groups in total. The fourth-order valence-electron chi connectivity index (χ4n) is 9.88. The molecule has 0 spiro atoms. The number of phosphoric acid groups is 1. The van der Waals surface area contributed by atoms with Gasteiger partial charge in [-0.05, 0) is 70.6 Å². The summed E-state index contributed by atoms with van der Waals surface area (Å²) in [7, 11) is 1.47. The van der Waals surface area contributed by atoms with E-state index in [9.17, 15) is 19.0 Å². The minimum atomic E-state index is -4.40. The van der Waals surface area contributed by atoms with Gasteiger partial charge in [-0.15, -0.1) is 0 Å². The summed E-state index contributed by atoms with van der Waals surface area (Å²) >= 11 is 0. The van der Waals surface area contributed by atoms with E-state index in [1.807, 2.05) is 21.1 Å². The van der Waals surface area contributed by atoms with Crippen molar-refractivity contribution >= 4 is 19.8 Å². The third kappa shape index (κ3) is 68.2. The Balaban J connectivity index is 4.07. The van der Waals surface area contributed by atoms with Gasteiger partial charge >= 0.3 is 19.8 Å². The van der Waals surface area contributed by atoms with E-state index < -0.39 is 26.5 Å². The number of quaternary nitrogens is 1. The molecule has 0 rings (SSSR count). The van der Waals surface area contributed by atoms with Gasteiger partial charge in [0.05, 0.1) is 27.7 Å². The molecule has 0 saturated heterocycles. The van der Waals surface area contributed by atoms with Crippen molar-refractivity contribution in [2.45, 2.75) is 322 Å². The SMILES string of the molecule is CC/C=C\C/C=C\C/C=C\C/C=C\C/C=C\C/C=C\C/C=C\CCCCCCCCCC(=O)OC(COC(=O)CCCCCCCCCCCCCCCCCCCCCCCCCCCCCCCC)COP(=O)(O)OCC[N+](C)(C)C. The van der Waals surface area contributed by atoms with E-state index in [4.69, 9.17) is 18.5 Å². The topological polar surface area (TPSA) is 108 Å². The van der Waals surface area contributed by atoms with Crippen LogP contribution in [-0.4, -0.2) is 74.9 Å². The van der Waals surface area contributed by atoms with Crippen LogP contribution in [0.2, 0.25) is 0 Å². The molecule has 2 unspecified atom stereocenters. The largest absolute Gasteiger partial charge is 0.472 e. The number of likely N-dealkylation sites (N-methyl/N-ethyl adjacent to an activating group) is 1. The summed E-state index contributed by atoms with van der Waals surface area (Å²) in [6, 6.07) is 0. The number of nitrogens with zero attached hydrogens (tertiary/aromatic N) is 1. The zero-order chi connectivity index (χ0) is 60.5. The summed E-state index contributed by atoms with van der Waals surface area (Å²) in [5.41, 5.74) is 0. The zero-order valence-corrected chi connectivity index (χ0v) is 55.8. The monoisotopic (exact) mass is 1180 g/mol. The molecule has 0 radical (unpaired) electrons. The van der Waals surface area contributed by atoms with Crippen LogP contribution in [0.4, 0.5) is 0 Å². The van der Waals surface area contributed by atoms with Crippen molar-refractivity contribution in [3.05, 3.63) is 85.1 Å². The number of carbonyl (C=O) groups excluding carboxylic acids is 2. The Labute approximate surface area is 513 Å². The van der Waals surface area contributed by atoms with Crippen molar-refractivity contribution in [2.24, 2.45) is 0 Å². The first kappa shape index (κ1) is 80.2. The fraction of sp³-hybridized carbons (Fsp3) is 0.781. The molecule has 0 saturated carbocycles. The predicted octanol–water partition coefficient (Wildman–Crippen LogP) is 22.5. The second-order valence-electron chi connectivity index (χ2n) is 24.5. The van der Waals surface area contributed by atoms with Gasteiger partial charge in [0.15, 0.2) is 6.10 Å². The van der Waals surface area contributed by atoms with Gasteiger partial charge in [0.2, 0.25) is 0 Å². The van der Waals surface area contributed by atoms with Crippen molar-refractivity contribution in [1.29, 1.82) is 0 Å². The minimum absolute atomic E-state index is 0.0270. The maximum atomic E-state index is 12.9. The van der Waals surface area contributed by atoms with E-state index in [-0.39, 0.29) is 32.0 Å². The van der Waals surface area contributed by atoms with Crippen LogP contribution >= 0.6 is 7.82 Å². The molecule has 0 bridgehead atoms. The average Bonchev–Trinajstić information content (AvgIpc) is 3.49. The first-order valence-corrected chi connectivity index (χ1v) is 36.3.